The molecule has 19 rings (SSSR count). The summed E-state index contributed by atoms with van der Waals surface area (Å²) in [7, 11) is 20.2. The molecule has 0 bridgehead atoms. The number of carbonyl (C=O) groups is 7. The second kappa shape index (κ2) is 46.4. The van der Waals surface area contributed by atoms with Gasteiger partial charge in [0.05, 0.1) is 80.7 Å². The number of ketones is 1. The Bertz CT molecular complexity index is 7910. The van der Waals surface area contributed by atoms with Crippen LogP contribution in [-0.4, -0.2) is 191 Å². The van der Waals surface area contributed by atoms with Crippen LogP contribution in [0, 0.1) is 0 Å². The molecule has 19 aromatic rings. The van der Waals surface area contributed by atoms with Crippen LogP contribution in [0.4, 0.5) is 47.1 Å². The molecule has 0 aliphatic heterocycles. The average molecular weight is 2100 g/mol. The van der Waals surface area contributed by atoms with Gasteiger partial charge in [-0.3, -0.25) is 38.5 Å². The number of rotatable bonds is 21. The van der Waals surface area contributed by atoms with Gasteiger partial charge in [-0.25, -0.2) is 59.8 Å². The maximum absolute atomic E-state index is 12.3. The molecule has 0 aliphatic rings. The number of nitrogens with zero attached hydrogens (tertiary/aromatic N) is 13. The quantitative estimate of drug-likeness (QED) is 0.0297. The molecule has 13 aromatic heterocycles. The van der Waals surface area contributed by atoms with Crippen molar-refractivity contribution in [2.75, 3.05) is 128 Å². The summed E-state index contributed by atoms with van der Waals surface area (Å²) in [5.74, 6) is 2.12. The first-order chi connectivity index (χ1) is 68.2. The molecule has 0 aliphatic carbocycles. The third kappa shape index (κ3) is 23.0. The van der Waals surface area contributed by atoms with E-state index in [9.17, 15) is 33.6 Å². The van der Waals surface area contributed by atoms with Crippen molar-refractivity contribution >= 4 is 257 Å². The molecule has 716 valence electrons. The number of aromatic nitrogens is 13. The van der Waals surface area contributed by atoms with E-state index in [1.807, 2.05) is 165 Å². The number of pyridine rings is 1. The average Bonchev–Trinajstić information content (AvgIpc) is 1.63. The van der Waals surface area contributed by atoms with E-state index in [0.717, 1.165) is 107 Å². The Labute approximate surface area is 849 Å². The Kier molecular flexibility index (Phi) is 33.4. The molecular weight excluding hydrogens is 2010 g/mol. The first kappa shape index (κ1) is 102. The largest absolute Gasteiger partial charge is 0.397 e. The maximum Gasteiger partial charge on any atom is 0.263 e. The van der Waals surface area contributed by atoms with Crippen LogP contribution in [0.5, 0.6) is 0 Å². The van der Waals surface area contributed by atoms with Gasteiger partial charge in [0.15, 0.2) is 5.78 Å². The molecule has 6 amide bonds. The predicted octanol–water partition coefficient (Wildman–Crippen LogP) is 19.4. The summed E-state index contributed by atoms with van der Waals surface area (Å²) in [6.07, 6.45) is 3.93. The molecule has 43 heteroatoms. The highest BCUT2D eigenvalue weighted by Gasteiger charge is 2.27. The van der Waals surface area contributed by atoms with Crippen LogP contribution < -0.4 is 75.3 Å². The molecule has 0 saturated heterocycles. The first-order valence-corrected chi connectivity index (χ1v) is 49.5. The molecule has 16 N–H and O–H groups in total. The zero-order valence-corrected chi connectivity index (χ0v) is 85.7. The number of Topliss-reactive ketones (excluding diaryl/α,β-unsaturated/α-hetero) is 1. The summed E-state index contributed by atoms with van der Waals surface area (Å²) >= 11 is 23.6. The lowest BCUT2D eigenvalue weighted by molar-refractivity contribution is 0.0955. The van der Waals surface area contributed by atoms with Gasteiger partial charge in [-0.05, 0) is 96.1 Å². The predicted molar refractivity (Wildman–Crippen MR) is 579 cm³/mol. The molecule has 0 saturated carbocycles. The van der Waals surface area contributed by atoms with E-state index in [1.54, 1.807) is 121 Å². The number of halogens is 3. The SMILES string of the molecule is CCC(=O)c1sc2nc(NC)nc(-c3cccc(-c4ccncc4)c3)c2c1N.CNC(=O)c1cc2c(-c3ccc(Cl)cc3)nc(NC)nc2s1.CNC(=O)c1cc2c(-c3ccccc3)nc(NC)nc2s1.CNC(=O)c1cc2c(-c3ccccc3Cl)nc(NC)nc2s1.CNC(=O)c1ccc(-c2nc(NC)nc3sc(C(=O)NC)cc23)cc1.CNC(=O)c1sc2nc(NC)nc(-c3cccc(Br)c3)c2c1N. The first-order valence-electron chi connectivity index (χ1n) is 43.0. The van der Waals surface area contributed by atoms with Gasteiger partial charge in [-0.15, -0.1) is 68.0 Å². The topological polar surface area (TPSA) is 483 Å². The summed E-state index contributed by atoms with van der Waals surface area (Å²) in [5, 5.41) is 39.5. The fraction of sp³-hybridized carbons (Fsp3) is 0.143. The second-order valence-electron chi connectivity index (χ2n) is 29.8. The monoisotopic (exact) mass is 2100 g/mol. The molecule has 0 spiro atoms. The van der Waals surface area contributed by atoms with E-state index >= 15 is 0 Å². The third-order valence-electron chi connectivity index (χ3n) is 21.1. The van der Waals surface area contributed by atoms with Gasteiger partial charge in [-0.1, -0.05) is 149 Å². The van der Waals surface area contributed by atoms with E-state index in [0.29, 0.717) is 136 Å². The summed E-state index contributed by atoms with van der Waals surface area (Å²) in [6, 6.07) is 59.0. The maximum atomic E-state index is 12.3. The van der Waals surface area contributed by atoms with E-state index < -0.39 is 0 Å². The van der Waals surface area contributed by atoms with Crippen molar-refractivity contribution in [1.82, 2.24) is 96.7 Å². The zero-order chi connectivity index (χ0) is 100. The van der Waals surface area contributed by atoms with Crippen molar-refractivity contribution < 1.29 is 33.6 Å². The van der Waals surface area contributed by atoms with Gasteiger partial charge in [-0.2, -0.15) is 0 Å². The number of fused-ring (bicyclic) bond motifs is 6. The summed E-state index contributed by atoms with van der Waals surface area (Å²) < 4.78 is 0.938. The lowest BCUT2D eigenvalue weighted by Crippen LogP contribution is -2.17. The fourth-order valence-corrected chi connectivity index (χ4v) is 20.9. The van der Waals surface area contributed by atoms with E-state index in [1.165, 1.54) is 68.0 Å². The summed E-state index contributed by atoms with van der Waals surface area (Å²) in [4.78, 5) is 149. The van der Waals surface area contributed by atoms with E-state index in [-0.39, 0.29) is 41.2 Å². The number of thiophene rings is 6. The van der Waals surface area contributed by atoms with Crippen molar-refractivity contribution in [1.29, 1.82) is 0 Å². The van der Waals surface area contributed by atoms with Gasteiger partial charge in [0, 0.05) is 178 Å². The van der Waals surface area contributed by atoms with Crippen LogP contribution >= 0.6 is 107 Å². The Hall–Kier alpha value is -15.3. The molecule has 141 heavy (non-hydrogen) atoms. The highest BCUT2D eigenvalue weighted by molar-refractivity contribution is 9.10. The number of carbonyl (C=O) groups excluding carboxylic acids is 7. The molecule has 13 heterocycles. The van der Waals surface area contributed by atoms with Crippen molar-refractivity contribution in [2.24, 2.45) is 0 Å². The Morgan fingerprint density at radius 1 is 0.312 bits per heavy atom. The minimum absolute atomic E-state index is 0.0167. The molecule has 6 aromatic carbocycles. The fourth-order valence-electron chi connectivity index (χ4n) is 14.1. The Morgan fingerprint density at radius 3 is 1.06 bits per heavy atom. The van der Waals surface area contributed by atoms with E-state index in [2.05, 4.69) is 151 Å². The number of nitrogen functional groups attached to an aromatic ring is 2. The smallest absolute Gasteiger partial charge is 0.263 e. The lowest BCUT2D eigenvalue weighted by Gasteiger charge is -2.09. The molecule has 34 nitrogen and oxygen atoms in total. The van der Waals surface area contributed by atoms with Crippen molar-refractivity contribution in [3.05, 3.63) is 250 Å². The molecule has 0 radical (unpaired) electrons. The number of amides is 6. The lowest BCUT2D eigenvalue weighted by atomic mass is 10.0. The van der Waals surface area contributed by atoms with Crippen LogP contribution in [0.3, 0.4) is 0 Å². The number of hydrogen-bond donors (Lipinski definition) is 14. The minimum Gasteiger partial charge on any atom is -0.397 e. The number of nitrogens with two attached hydrogens (primary N) is 2. The van der Waals surface area contributed by atoms with Crippen molar-refractivity contribution in [2.45, 2.75) is 13.3 Å². The number of hydrogen-bond acceptors (Lipinski definition) is 34. The van der Waals surface area contributed by atoms with Gasteiger partial charge in [0.25, 0.3) is 35.4 Å². The molecule has 0 atom stereocenters. The molecule has 0 fully saturated rings. The Morgan fingerprint density at radius 2 is 0.652 bits per heavy atom. The van der Waals surface area contributed by atoms with Crippen LogP contribution in [0.1, 0.15) is 81.7 Å². The van der Waals surface area contributed by atoms with Gasteiger partial charge >= 0.3 is 0 Å². The number of nitrogens with one attached hydrogen (secondary N) is 12. The highest BCUT2D eigenvalue weighted by Crippen LogP contribution is 2.45. The van der Waals surface area contributed by atoms with Crippen LogP contribution in [0.2, 0.25) is 10.0 Å². The van der Waals surface area contributed by atoms with Crippen molar-refractivity contribution in [3.8, 4) is 78.7 Å². The summed E-state index contributed by atoms with van der Waals surface area (Å²) in [6.45, 7) is 1.83. The number of anilines is 8. The third-order valence-corrected chi connectivity index (χ3v) is 28.5. The van der Waals surface area contributed by atoms with Crippen molar-refractivity contribution in [3.63, 3.8) is 0 Å². The van der Waals surface area contributed by atoms with Gasteiger partial charge in [0.2, 0.25) is 35.7 Å². The van der Waals surface area contributed by atoms with Crippen LogP contribution in [0.15, 0.2) is 205 Å². The standard InChI is InChI=1S/C21H19N5OS.C17H17N5O2S.C15H14BrN5OS.2C15H13ClN4OS.C15H14N4OS/c1-3-15(27)19-17(22)16-18(25-21(23-2)26-20(16)28-19)14-6-4-5-13(11-14)12-7-9-24-10-8-12;1-18-14(23)10-6-4-9(5-7-10)13-11-8-12(15(24)19-2)25-16(11)22-17(20-3)21-13;1-18-13(22)12-10(17)9-11(7-4-3-5-8(16)6-7)20-15(19-2)21-14(9)23-12;1-17-13(21)11-7-10-12(8-3-5-9(16)6-4-8)19-15(18-2)20-14(10)22-11;1-17-13(21)11-7-9-12(8-5-3-4-6-10(8)16)19-15(18-2)20-14(9)22-11;1-16-13(20)11-8-10-12(9-6-4-3-5-7-9)18-15(17-2)19-14(10)21-11/h4-11H,3,22H2,1-2H3,(H,23,25,26);4-8H,1-3H3,(H,18,23)(H,19,24)(H,20,21,22);3-6H,17H2,1-2H3,(H,18,22)(H,19,20,21);2*3-7H,1-2H3,(H,17,21)(H,18,19,20);3-8H,1-2H3,(H,16,20)(H,17,18,19). The van der Waals surface area contributed by atoms with Gasteiger partial charge < -0.3 is 75.3 Å². The second-order valence-corrected chi connectivity index (χ2v) is 37.6. The molecule has 0 unspecified atom stereocenters. The van der Waals surface area contributed by atoms with Crippen LogP contribution in [0.25, 0.3) is 140 Å². The normalized spacial score (nSPS) is 10.7. The summed E-state index contributed by atoms with van der Waals surface area (Å²) in [5.41, 5.74) is 26.0. The minimum atomic E-state index is -0.225. The highest BCUT2D eigenvalue weighted by atomic mass is 79.9. The molecular formula is C98H90BrCl2N27O7S6. The Balaban J connectivity index is 0.000000135. The van der Waals surface area contributed by atoms with Crippen LogP contribution in [-0.2, 0) is 0 Å². The van der Waals surface area contributed by atoms with E-state index in [4.69, 9.17) is 34.7 Å². The number of benzene rings is 6. The zero-order valence-electron chi connectivity index (χ0n) is 77.7. The van der Waals surface area contributed by atoms with Gasteiger partial charge in [0.1, 0.15) is 33.9 Å².